The van der Waals surface area contributed by atoms with E-state index in [1.807, 2.05) is 19.1 Å². The highest BCUT2D eigenvalue weighted by Crippen LogP contribution is 2.25. The van der Waals surface area contributed by atoms with Crippen molar-refractivity contribution < 1.29 is 4.79 Å². The number of anilines is 1. The molecule has 1 aliphatic heterocycles. The summed E-state index contributed by atoms with van der Waals surface area (Å²) in [6, 6.07) is 6.11. The minimum atomic E-state index is 0.139. The molecule has 1 aromatic rings. The second kappa shape index (κ2) is 7.41. The molecule has 2 N–H and O–H groups in total. The Labute approximate surface area is 135 Å². The molecule has 1 fully saturated rings. The summed E-state index contributed by atoms with van der Waals surface area (Å²) in [6.45, 7) is 6.42. The number of amides is 1. The van der Waals surface area contributed by atoms with E-state index in [9.17, 15) is 4.79 Å². The van der Waals surface area contributed by atoms with Crippen molar-refractivity contribution in [1.29, 1.82) is 0 Å². The molecule has 110 valence electrons. The van der Waals surface area contributed by atoms with E-state index in [2.05, 4.69) is 46.2 Å². The maximum Gasteiger partial charge on any atom is 0.224 e. The lowest BCUT2D eigenvalue weighted by molar-refractivity contribution is -0.117. The number of hydrogen-bond acceptors (Lipinski definition) is 2. The minimum Gasteiger partial charge on any atom is -0.326 e. The van der Waals surface area contributed by atoms with Gasteiger partial charge in [-0.3, -0.25) is 4.79 Å². The van der Waals surface area contributed by atoms with E-state index in [1.54, 1.807) is 0 Å². The van der Waals surface area contributed by atoms with Crippen molar-refractivity contribution in [3.8, 4) is 0 Å². The summed E-state index contributed by atoms with van der Waals surface area (Å²) in [5, 5.41) is 6.42. The van der Waals surface area contributed by atoms with E-state index in [0.29, 0.717) is 18.3 Å². The third-order valence-electron chi connectivity index (χ3n) is 4.16. The Hall–Kier alpha value is -0.620. The summed E-state index contributed by atoms with van der Waals surface area (Å²) in [4.78, 5) is 12.2. The standard InChI is InChI=1S/C16H23IN2O/c1-11(13-5-7-18-8-6-13)10-16(20)19-15-4-3-14(17)9-12(15)2/h3-4,9,11,13,18H,5-8,10H2,1-2H3,(H,19,20). The van der Waals surface area contributed by atoms with Crippen molar-refractivity contribution in [1.82, 2.24) is 5.32 Å². The number of piperidine rings is 1. The van der Waals surface area contributed by atoms with Crippen LogP contribution in [0.2, 0.25) is 0 Å². The average Bonchev–Trinajstić information content (AvgIpc) is 2.43. The SMILES string of the molecule is Cc1cc(I)ccc1NC(=O)CC(C)C1CCNCC1. The zero-order valence-corrected chi connectivity index (χ0v) is 14.4. The Morgan fingerprint density at radius 2 is 2.15 bits per heavy atom. The van der Waals surface area contributed by atoms with E-state index < -0.39 is 0 Å². The lowest BCUT2D eigenvalue weighted by Gasteiger charge is -2.28. The van der Waals surface area contributed by atoms with Crippen LogP contribution in [0, 0.1) is 22.3 Å². The maximum absolute atomic E-state index is 12.2. The monoisotopic (exact) mass is 386 g/mol. The number of nitrogens with one attached hydrogen (secondary N) is 2. The van der Waals surface area contributed by atoms with Crippen molar-refractivity contribution in [2.24, 2.45) is 11.8 Å². The molecule has 3 nitrogen and oxygen atoms in total. The van der Waals surface area contributed by atoms with E-state index in [0.717, 1.165) is 24.3 Å². The van der Waals surface area contributed by atoms with Crippen LogP contribution < -0.4 is 10.6 Å². The maximum atomic E-state index is 12.2. The molecule has 0 bridgehead atoms. The highest BCUT2D eigenvalue weighted by Gasteiger charge is 2.22. The largest absolute Gasteiger partial charge is 0.326 e. The first kappa shape index (κ1) is 15.8. The van der Waals surface area contributed by atoms with E-state index in [4.69, 9.17) is 0 Å². The second-order valence-electron chi connectivity index (χ2n) is 5.78. The molecule has 1 atom stereocenters. The van der Waals surface area contributed by atoms with E-state index in [-0.39, 0.29) is 5.91 Å². The van der Waals surface area contributed by atoms with Gasteiger partial charge in [0, 0.05) is 15.7 Å². The van der Waals surface area contributed by atoms with Crippen molar-refractivity contribution >= 4 is 34.2 Å². The lowest BCUT2D eigenvalue weighted by Crippen LogP contribution is -2.32. The normalized spacial score (nSPS) is 17.8. The molecule has 20 heavy (non-hydrogen) atoms. The van der Waals surface area contributed by atoms with Gasteiger partial charge in [0.15, 0.2) is 0 Å². The van der Waals surface area contributed by atoms with Crippen molar-refractivity contribution in [2.75, 3.05) is 18.4 Å². The number of halogens is 1. The molecular formula is C16H23IN2O. The summed E-state index contributed by atoms with van der Waals surface area (Å²) >= 11 is 2.29. The zero-order valence-electron chi connectivity index (χ0n) is 12.2. The van der Waals surface area contributed by atoms with Crippen LogP contribution in [0.4, 0.5) is 5.69 Å². The van der Waals surface area contributed by atoms with Gasteiger partial charge in [0.1, 0.15) is 0 Å². The number of carbonyl (C=O) groups excluding carboxylic acids is 1. The molecule has 1 aliphatic rings. The van der Waals surface area contributed by atoms with Gasteiger partial charge >= 0.3 is 0 Å². The van der Waals surface area contributed by atoms with Crippen molar-refractivity contribution in [3.05, 3.63) is 27.3 Å². The average molecular weight is 386 g/mol. The lowest BCUT2D eigenvalue weighted by atomic mass is 9.84. The zero-order chi connectivity index (χ0) is 14.5. The molecular weight excluding hydrogens is 363 g/mol. The first-order valence-corrected chi connectivity index (χ1v) is 8.41. The third kappa shape index (κ3) is 4.45. The van der Waals surface area contributed by atoms with Gasteiger partial charge in [-0.05, 0) is 91.0 Å². The molecule has 0 aliphatic carbocycles. The molecule has 1 unspecified atom stereocenters. The van der Waals surface area contributed by atoms with Gasteiger partial charge < -0.3 is 10.6 Å². The van der Waals surface area contributed by atoms with Gasteiger partial charge in [-0.1, -0.05) is 6.92 Å². The number of hydrogen-bond donors (Lipinski definition) is 2. The fourth-order valence-electron chi connectivity index (χ4n) is 2.84. The highest BCUT2D eigenvalue weighted by atomic mass is 127. The van der Waals surface area contributed by atoms with Crippen LogP contribution in [0.1, 0.15) is 31.7 Å². The van der Waals surface area contributed by atoms with Gasteiger partial charge in [-0.25, -0.2) is 0 Å². The Bertz CT molecular complexity index is 470. The molecule has 1 amide bonds. The van der Waals surface area contributed by atoms with Gasteiger partial charge in [-0.2, -0.15) is 0 Å². The molecule has 1 aromatic carbocycles. The fraction of sp³-hybridized carbons (Fsp3) is 0.562. The van der Waals surface area contributed by atoms with E-state index in [1.165, 1.54) is 16.4 Å². The van der Waals surface area contributed by atoms with Gasteiger partial charge in [0.2, 0.25) is 5.91 Å². The van der Waals surface area contributed by atoms with Crippen molar-refractivity contribution in [3.63, 3.8) is 0 Å². The number of rotatable bonds is 4. The molecule has 1 saturated heterocycles. The summed E-state index contributed by atoms with van der Waals surface area (Å²) in [5.74, 6) is 1.28. The third-order valence-corrected chi connectivity index (χ3v) is 4.83. The van der Waals surface area contributed by atoms with Gasteiger partial charge in [0.25, 0.3) is 0 Å². The van der Waals surface area contributed by atoms with E-state index >= 15 is 0 Å². The van der Waals surface area contributed by atoms with Crippen LogP contribution >= 0.6 is 22.6 Å². The predicted molar refractivity (Wildman–Crippen MR) is 91.9 cm³/mol. The van der Waals surface area contributed by atoms with Crippen LogP contribution in [0.3, 0.4) is 0 Å². The number of aryl methyl sites for hydroxylation is 1. The molecule has 0 saturated carbocycles. The summed E-state index contributed by atoms with van der Waals surface area (Å²) < 4.78 is 1.20. The van der Waals surface area contributed by atoms with Crippen LogP contribution in [0.15, 0.2) is 18.2 Å². The Morgan fingerprint density at radius 1 is 1.45 bits per heavy atom. The van der Waals surface area contributed by atoms with Crippen LogP contribution in [0.25, 0.3) is 0 Å². The first-order valence-electron chi connectivity index (χ1n) is 7.33. The van der Waals surface area contributed by atoms with Gasteiger partial charge in [-0.15, -0.1) is 0 Å². The molecule has 0 spiro atoms. The van der Waals surface area contributed by atoms with Crippen molar-refractivity contribution in [2.45, 2.75) is 33.1 Å². The quantitative estimate of drug-likeness (QED) is 0.777. The second-order valence-corrected chi connectivity index (χ2v) is 7.02. The Balaban J connectivity index is 1.88. The smallest absolute Gasteiger partial charge is 0.224 e. The Kier molecular flexibility index (Phi) is 5.84. The molecule has 2 rings (SSSR count). The molecule has 4 heteroatoms. The Morgan fingerprint density at radius 3 is 2.80 bits per heavy atom. The van der Waals surface area contributed by atoms with Crippen LogP contribution in [0.5, 0.6) is 0 Å². The molecule has 1 heterocycles. The number of carbonyl (C=O) groups is 1. The van der Waals surface area contributed by atoms with Gasteiger partial charge in [0.05, 0.1) is 0 Å². The predicted octanol–water partition coefficient (Wildman–Crippen LogP) is 3.56. The summed E-state index contributed by atoms with van der Waals surface area (Å²) in [7, 11) is 0. The molecule has 0 radical (unpaired) electrons. The molecule has 0 aromatic heterocycles. The number of benzene rings is 1. The van der Waals surface area contributed by atoms with Crippen LogP contribution in [-0.4, -0.2) is 19.0 Å². The topological polar surface area (TPSA) is 41.1 Å². The summed E-state index contributed by atoms with van der Waals surface area (Å²) in [6.07, 6.45) is 3.00. The van der Waals surface area contributed by atoms with Crippen LogP contribution in [-0.2, 0) is 4.79 Å². The minimum absolute atomic E-state index is 0.139. The highest BCUT2D eigenvalue weighted by molar-refractivity contribution is 14.1. The fourth-order valence-corrected chi connectivity index (χ4v) is 3.49. The first-order chi connectivity index (χ1) is 9.56. The summed E-state index contributed by atoms with van der Waals surface area (Å²) in [5.41, 5.74) is 2.06.